The normalized spacial score (nSPS) is 7.00. The Balaban J connectivity index is 0. The first kappa shape index (κ1) is 9.51. The molecule has 0 saturated carbocycles. The van der Waals surface area contributed by atoms with Crippen LogP contribution in [0.2, 0.25) is 0 Å². The van der Waals surface area contributed by atoms with E-state index in [9.17, 15) is 0 Å². The van der Waals surface area contributed by atoms with Gasteiger partial charge in [0.2, 0.25) is 0 Å². The van der Waals surface area contributed by atoms with Gasteiger partial charge in [0, 0.05) is 6.10 Å². The first-order chi connectivity index (χ1) is 2.73. The Hall–Kier alpha value is 0.210. The summed E-state index contributed by atoms with van der Waals surface area (Å²) in [6.45, 7) is 3.44. The van der Waals surface area contributed by atoms with Crippen LogP contribution in [-0.4, -0.2) is 15.9 Å². The average Bonchev–Trinajstić information content (AvgIpc) is 1.41. The highest BCUT2D eigenvalue weighted by molar-refractivity contribution is 6.04. The molecule has 6 heavy (non-hydrogen) atoms. The summed E-state index contributed by atoms with van der Waals surface area (Å²) in [5.41, 5.74) is 0. The van der Waals surface area contributed by atoms with Gasteiger partial charge in [0.1, 0.15) is 0 Å². The number of aliphatic hydroxyl groups is 1. The van der Waals surface area contributed by atoms with Crippen LogP contribution >= 0.6 is 11.9 Å². The van der Waals surface area contributed by atoms with Crippen LogP contribution in [0.5, 0.6) is 0 Å². The highest BCUT2D eigenvalue weighted by Crippen LogP contribution is 1.65. The predicted molar refractivity (Wildman–Crippen MR) is 25.4 cm³/mol. The lowest BCUT2D eigenvalue weighted by atomic mass is 10.5. The molecule has 0 rings (SSSR count). The summed E-state index contributed by atoms with van der Waals surface area (Å²) in [5.74, 6) is 0. The minimum absolute atomic E-state index is 0.167. The summed E-state index contributed by atoms with van der Waals surface area (Å²) in [6.07, 6.45) is -0.167. The second-order valence-corrected chi connectivity index (χ2v) is 1.09. The number of rotatable bonds is 0. The van der Waals surface area contributed by atoms with E-state index in [1.807, 2.05) is 0 Å². The highest BCUT2D eigenvalue weighted by Gasteiger charge is 1.69. The van der Waals surface area contributed by atoms with Crippen LogP contribution in [0.15, 0.2) is 0 Å². The number of aliphatic hydroxyl groups excluding tert-OH is 1. The zero-order chi connectivity index (χ0) is 5.58. The monoisotopic (exact) mass is 112 g/mol. The predicted octanol–water partition coefficient (Wildman–Crippen LogP) is 0.520. The Morgan fingerprint density at radius 1 is 1.33 bits per heavy atom. The Morgan fingerprint density at radius 3 is 1.33 bits per heavy atom. The average molecular weight is 113 g/mol. The van der Waals surface area contributed by atoms with Crippen molar-refractivity contribution >= 4 is 11.9 Å². The lowest BCUT2D eigenvalue weighted by Crippen LogP contribution is -1.85. The zero-order valence-corrected chi connectivity index (χ0v) is 4.61. The molecule has 0 aromatic heterocycles. The van der Waals surface area contributed by atoms with Crippen LogP contribution in [0.1, 0.15) is 13.8 Å². The lowest BCUT2D eigenvalue weighted by Gasteiger charge is -1.80. The molecule has 0 aliphatic heterocycles. The molecule has 0 fully saturated rings. The van der Waals surface area contributed by atoms with Gasteiger partial charge in [-0.25, -0.2) is 0 Å². The van der Waals surface area contributed by atoms with Crippen LogP contribution in [0.4, 0.5) is 0 Å². The molecule has 0 radical (unpaired) electrons. The van der Waals surface area contributed by atoms with E-state index in [0.29, 0.717) is 0 Å². The fourth-order valence-corrected chi connectivity index (χ4v) is 0. The van der Waals surface area contributed by atoms with Crippen LogP contribution in [0.25, 0.3) is 0 Å². The van der Waals surface area contributed by atoms with E-state index in [1.54, 1.807) is 13.8 Å². The SMILES string of the molecule is CC(C)O.OCl. The van der Waals surface area contributed by atoms with Crippen molar-refractivity contribution in [2.75, 3.05) is 0 Å². The zero-order valence-electron chi connectivity index (χ0n) is 3.85. The Morgan fingerprint density at radius 2 is 1.33 bits per heavy atom. The summed E-state index contributed by atoms with van der Waals surface area (Å²) in [4.78, 5) is 0. The largest absolute Gasteiger partial charge is 0.394 e. The highest BCUT2D eigenvalue weighted by atomic mass is 35.5. The minimum atomic E-state index is -0.167. The van der Waals surface area contributed by atoms with Crippen molar-refractivity contribution in [3.8, 4) is 0 Å². The molecule has 0 heterocycles. The van der Waals surface area contributed by atoms with E-state index in [4.69, 9.17) is 9.77 Å². The molecule has 0 aliphatic carbocycles. The molecule has 0 amide bonds. The Labute approximate surface area is 42.5 Å². The summed E-state index contributed by atoms with van der Waals surface area (Å²) in [6, 6.07) is 0. The van der Waals surface area contributed by atoms with Gasteiger partial charge in [0.15, 0.2) is 0 Å². The van der Waals surface area contributed by atoms with Gasteiger partial charge in [0.25, 0.3) is 0 Å². The first-order valence-corrected chi connectivity index (χ1v) is 1.92. The van der Waals surface area contributed by atoms with Crippen LogP contribution in [0.3, 0.4) is 0 Å². The van der Waals surface area contributed by atoms with Crippen LogP contribution in [-0.2, 0) is 0 Å². The molecule has 0 atom stereocenters. The summed E-state index contributed by atoms with van der Waals surface area (Å²) < 4.78 is 6.47. The van der Waals surface area contributed by atoms with E-state index >= 15 is 0 Å². The van der Waals surface area contributed by atoms with Gasteiger partial charge < -0.3 is 5.11 Å². The fraction of sp³-hybridized carbons (Fsp3) is 1.00. The van der Waals surface area contributed by atoms with Gasteiger partial charge in [-0.15, -0.1) is 0 Å². The fourth-order valence-electron chi connectivity index (χ4n) is 0. The minimum Gasteiger partial charge on any atom is -0.394 e. The number of halogens is 1. The molecule has 0 saturated heterocycles. The van der Waals surface area contributed by atoms with Crippen molar-refractivity contribution in [3.63, 3.8) is 0 Å². The Bertz CT molecular complexity index is 13.5. The van der Waals surface area contributed by atoms with Crippen molar-refractivity contribution in [3.05, 3.63) is 0 Å². The van der Waals surface area contributed by atoms with Gasteiger partial charge in [0.05, 0.1) is 11.9 Å². The molecular weight excluding hydrogens is 103 g/mol. The van der Waals surface area contributed by atoms with E-state index in [-0.39, 0.29) is 6.10 Å². The molecule has 0 spiro atoms. The molecule has 0 aromatic carbocycles. The molecule has 2 N–H and O–H groups in total. The number of hydrogen-bond acceptors (Lipinski definition) is 2. The standard InChI is InChI=1S/C3H8O.ClHO/c1-3(2)4;1-2/h3-4H,1-2H3;2H. The van der Waals surface area contributed by atoms with Crippen molar-refractivity contribution in [1.29, 1.82) is 0 Å². The molecule has 2 nitrogen and oxygen atoms in total. The maximum absolute atomic E-state index is 8.06. The Kier molecular flexibility index (Phi) is 14.2. The smallest absolute Gasteiger partial charge is 0.0579 e. The molecule has 3 heteroatoms. The second-order valence-electron chi connectivity index (χ2n) is 1.09. The van der Waals surface area contributed by atoms with E-state index in [0.717, 1.165) is 0 Å². The molecule has 40 valence electrons. The molecule has 0 bridgehead atoms. The quantitative estimate of drug-likeness (QED) is 0.480. The van der Waals surface area contributed by atoms with Gasteiger partial charge in [-0.3, -0.25) is 4.66 Å². The third-order valence-corrected chi connectivity index (χ3v) is 0. The lowest BCUT2D eigenvalue weighted by molar-refractivity contribution is 0.216. The summed E-state index contributed by atoms with van der Waals surface area (Å²) in [7, 11) is 0. The second kappa shape index (κ2) is 8.96. The maximum atomic E-state index is 8.06. The van der Waals surface area contributed by atoms with Crippen molar-refractivity contribution in [1.82, 2.24) is 0 Å². The van der Waals surface area contributed by atoms with Crippen molar-refractivity contribution in [2.45, 2.75) is 20.0 Å². The third-order valence-electron chi connectivity index (χ3n) is 0. The van der Waals surface area contributed by atoms with Crippen LogP contribution < -0.4 is 0 Å². The third kappa shape index (κ3) is 984. The molecule has 0 unspecified atom stereocenters. The van der Waals surface area contributed by atoms with Crippen molar-refractivity contribution < 1.29 is 9.77 Å². The van der Waals surface area contributed by atoms with Gasteiger partial charge in [-0.2, -0.15) is 0 Å². The van der Waals surface area contributed by atoms with E-state index in [1.165, 1.54) is 0 Å². The van der Waals surface area contributed by atoms with E-state index in [2.05, 4.69) is 11.9 Å². The van der Waals surface area contributed by atoms with Crippen LogP contribution in [0, 0.1) is 0 Å². The summed E-state index contributed by atoms with van der Waals surface area (Å²) >= 11 is 3.64. The summed E-state index contributed by atoms with van der Waals surface area (Å²) in [5, 5.41) is 8.06. The van der Waals surface area contributed by atoms with Gasteiger partial charge in [-0.05, 0) is 13.8 Å². The first-order valence-electron chi connectivity index (χ1n) is 1.58. The maximum Gasteiger partial charge on any atom is 0.0579 e. The molecule has 0 aliphatic rings. The van der Waals surface area contributed by atoms with Gasteiger partial charge >= 0.3 is 0 Å². The topological polar surface area (TPSA) is 40.5 Å². The molecular formula is C3H9ClO2. The number of hydrogen-bond donors (Lipinski definition) is 2. The molecule has 0 aromatic rings. The van der Waals surface area contributed by atoms with Crippen molar-refractivity contribution in [2.24, 2.45) is 0 Å². The van der Waals surface area contributed by atoms with E-state index < -0.39 is 0 Å². The van der Waals surface area contributed by atoms with Gasteiger partial charge in [-0.1, -0.05) is 0 Å².